The molecule has 0 fully saturated rings. The lowest BCUT2D eigenvalue weighted by atomic mass is 9.91. The standard InChI is InChI=1S/C20H43P/c1-17(2)9-6-10-18(3)11-7-12-19(4)13-8-14-20(5)15-16-21/h17-20H,6-16,21H2,1-5H3. The Morgan fingerprint density at radius 1 is 0.524 bits per heavy atom. The first-order valence-corrected chi connectivity index (χ1v) is 10.5. The summed E-state index contributed by atoms with van der Waals surface area (Å²) < 4.78 is 0. The van der Waals surface area contributed by atoms with Crippen molar-refractivity contribution in [1.29, 1.82) is 0 Å². The topological polar surface area (TPSA) is 0 Å². The molecule has 0 aromatic heterocycles. The summed E-state index contributed by atoms with van der Waals surface area (Å²) in [4.78, 5) is 0. The van der Waals surface area contributed by atoms with Crippen LogP contribution in [-0.4, -0.2) is 6.16 Å². The summed E-state index contributed by atoms with van der Waals surface area (Å²) in [7, 11) is 2.86. The average Bonchev–Trinajstić information content (AvgIpc) is 2.38. The Labute approximate surface area is 138 Å². The minimum atomic E-state index is 0.880. The zero-order valence-electron chi connectivity index (χ0n) is 15.7. The summed E-state index contributed by atoms with van der Waals surface area (Å²) >= 11 is 0. The van der Waals surface area contributed by atoms with Gasteiger partial charge in [-0.25, -0.2) is 0 Å². The molecule has 0 saturated carbocycles. The van der Waals surface area contributed by atoms with E-state index < -0.39 is 0 Å². The molecule has 21 heavy (non-hydrogen) atoms. The third-order valence-corrected chi connectivity index (χ3v) is 5.26. The summed E-state index contributed by atoms with van der Waals surface area (Å²) in [5.41, 5.74) is 0. The molecule has 0 spiro atoms. The van der Waals surface area contributed by atoms with Gasteiger partial charge < -0.3 is 0 Å². The Kier molecular flexibility index (Phi) is 14.3. The molecule has 128 valence electrons. The fraction of sp³-hybridized carbons (Fsp3) is 1.00. The smallest absolute Gasteiger partial charge is 0.0379 e. The zero-order valence-corrected chi connectivity index (χ0v) is 16.8. The molecule has 0 aromatic rings. The minimum absolute atomic E-state index is 0.880. The monoisotopic (exact) mass is 314 g/mol. The molecule has 0 rings (SSSR count). The van der Waals surface area contributed by atoms with Gasteiger partial charge in [-0.05, 0) is 36.3 Å². The van der Waals surface area contributed by atoms with Crippen LogP contribution in [0.3, 0.4) is 0 Å². The van der Waals surface area contributed by atoms with Gasteiger partial charge in [-0.15, -0.1) is 9.24 Å². The van der Waals surface area contributed by atoms with Crippen molar-refractivity contribution in [2.45, 2.75) is 98.8 Å². The van der Waals surface area contributed by atoms with Crippen LogP contribution in [0.4, 0.5) is 0 Å². The highest BCUT2D eigenvalue weighted by atomic mass is 31.0. The lowest BCUT2D eigenvalue weighted by molar-refractivity contribution is 0.377. The Balaban J connectivity index is 3.45. The van der Waals surface area contributed by atoms with Gasteiger partial charge in [0.25, 0.3) is 0 Å². The second-order valence-electron chi connectivity index (χ2n) is 8.08. The first-order valence-electron chi connectivity index (χ1n) is 9.65. The van der Waals surface area contributed by atoms with E-state index in [9.17, 15) is 0 Å². The highest BCUT2D eigenvalue weighted by molar-refractivity contribution is 7.16. The summed E-state index contributed by atoms with van der Waals surface area (Å²) in [5, 5.41) is 0. The molecule has 0 bridgehead atoms. The molecule has 0 aliphatic heterocycles. The molecule has 4 unspecified atom stereocenters. The van der Waals surface area contributed by atoms with E-state index in [1.165, 1.54) is 70.4 Å². The van der Waals surface area contributed by atoms with Gasteiger partial charge in [0.2, 0.25) is 0 Å². The average molecular weight is 315 g/mol. The van der Waals surface area contributed by atoms with Crippen LogP contribution in [0.25, 0.3) is 0 Å². The van der Waals surface area contributed by atoms with Gasteiger partial charge in [0.15, 0.2) is 0 Å². The molecule has 0 radical (unpaired) electrons. The molecule has 0 aliphatic carbocycles. The Bertz CT molecular complexity index is 212. The van der Waals surface area contributed by atoms with Crippen LogP contribution in [0, 0.1) is 23.7 Å². The predicted octanol–water partition coefficient (Wildman–Crippen LogP) is 7.33. The van der Waals surface area contributed by atoms with Crippen molar-refractivity contribution in [1.82, 2.24) is 0 Å². The number of rotatable bonds is 14. The maximum Gasteiger partial charge on any atom is -0.0379 e. The van der Waals surface area contributed by atoms with Crippen LogP contribution in [0.1, 0.15) is 98.8 Å². The first kappa shape index (κ1) is 21.4. The van der Waals surface area contributed by atoms with E-state index in [0.717, 1.165) is 23.7 Å². The minimum Gasteiger partial charge on any atom is -0.138 e. The van der Waals surface area contributed by atoms with Crippen molar-refractivity contribution in [2.24, 2.45) is 23.7 Å². The molecule has 0 heterocycles. The maximum absolute atomic E-state index is 2.86. The number of hydrogen-bond donors (Lipinski definition) is 0. The van der Waals surface area contributed by atoms with E-state index in [1.54, 1.807) is 0 Å². The van der Waals surface area contributed by atoms with Gasteiger partial charge >= 0.3 is 0 Å². The zero-order chi connectivity index (χ0) is 16.1. The highest BCUT2D eigenvalue weighted by Gasteiger charge is 2.07. The van der Waals surface area contributed by atoms with Gasteiger partial charge in [0.1, 0.15) is 0 Å². The molecule has 0 saturated heterocycles. The molecule has 4 atom stereocenters. The fourth-order valence-corrected chi connectivity index (χ4v) is 3.79. The third kappa shape index (κ3) is 15.1. The summed E-state index contributed by atoms with van der Waals surface area (Å²) in [6.07, 6.45) is 15.6. The van der Waals surface area contributed by atoms with Gasteiger partial charge in [-0.3, -0.25) is 0 Å². The van der Waals surface area contributed by atoms with E-state index in [0.29, 0.717) is 0 Å². The van der Waals surface area contributed by atoms with Crippen LogP contribution >= 0.6 is 9.24 Å². The SMILES string of the molecule is CC(C)CCCC(C)CCCC(C)CCCC(C)CCP. The van der Waals surface area contributed by atoms with Crippen molar-refractivity contribution >= 4 is 9.24 Å². The summed E-state index contributed by atoms with van der Waals surface area (Å²) in [6.45, 7) is 12.0. The van der Waals surface area contributed by atoms with Crippen LogP contribution in [0.5, 0.6) is 0 Å². The largest absolute Gasteiger partial charge is 0.138 e. The lowest BCUT2D eigenvalue weighted by Crippen LogP contribution is -2.01. The van der Waals surface area contributed by atoms with Gasteiger partial charge in [0.05, 0.1) is 0 Å². The van der Waals surface area contributed by atoms with Crippen molar-refractivity contribution in [3.05, 3.63) is 0 Å². The molecule has 0 aromatic carbocycles. The van der Waals surface area contributed by atoms with Crippen molar-refractivity contribution in [3.8, 4) is 0 Å². The highest BCUT2D eigenvalue weighted by Crippen LogP contribution is 2.22. The van der Waals surface area contributed by atoms with E-state index >= 15 is 0 Å². The van der Waals surface area contributed by atoms with E-state index in [1.807, 2.05) is 0 Å². The van der Waals surface area contributed by atoms with Crippen molar-refractivity contribution < 1.29 is 0 Å². The quantitative estimate of drug-likeness (QED) is 0.294. The van der Waals surface area contributed by atoms with E-state index in [2.05, 4.69) is 43.9 Å². The normalized spacial score (nSPS) is 16.1. The molecular formula is C20H43P. The van der Waals surface area contributed by atoms with Crippen LogP contribution in [0.15, 0.2) is 0 Å². The van der Waals surface area contributed by atoms with Crippen molar-refractivity contribution in [3.63, 3.8) is 0 Å². The van der Waals surface area contributed by atoms with Gasteiger partial charge in [-0.2, -0.15) is 0 Å². The summed E-state index contributed by atoms with van der Waals surface area (Å²) in [6, 6.07) is 0. The third-order valence-electron chi connectivity index (χ3n) is 4.93. The first-order chi connectivity index (χ1) is 9.95. The Morgan fingerprint density at radius 3 is 1.19 bits per heavy atom. The molecule has 0 amide bonds. The van der Waals surface area contributed by atoms with Crippen LogP contribution in [-0.2, 0) is 0 Å². The summed E-state index contributed by atoms with van der Waals surface area (Å²) in [5.74, 6) is 3.69. The van der Waals surface area contributed by atoms with Crippen LogP contribution < -0.4 is 0 Å². The second kappa shape index (κ2) is 14.0. The predicted molar refractivity (Wildman–Crippen MR) is 103 cm³/mol. The van der Waals surface area contributed by atoms with Gasteiger partial charge in [-0.1, -0.05) is 92.4 Å². The van der Waals surface area contributed by atoms with Gasteiger partial charge in [0, 0.05) is 0 Å². The second-order valence-corrected chi connectivity index (χ2v) is 8.66. The Morgan fingerprint density at radius 2 is 0.857 bits per heavy atom. The lowest BCUT2D eigenvalue weighted by Gasteiger charge is -2.16. The van der Waals surface area contributed by atoms with Crippen molar-refractivity contribution in [2.75, 3.05) is 6.16 Å². The molecule has 1 heteroatoms. The molecule has 0 N–H and O–H groups in total. The van der Waals surface area contributed by atoms with E-state index in [4.69, 9.17) is 0 Å². The van der Waals surface area contributed by atoms with E-state index in [-0.39, 0.29) is 0 Å². The molecule has 0 aliphatic rings. The number of hydrogen-bond acceptors (Lipinski definition) is 0. The fourth-order valence-electron chi connectivity index (χ4n) is 3.22. The molecular weight excluding hydrogens is 271 g/mol. The Hall–Kier alpha value is 0.430. The molecule has 0 nitrogen and oxygen atoms in total. The maximum atomic E-state index is 2.86. The van der Waals surface area contributed by atoms with Crippen LogP contribution in [0.2, 0.25) is 0 Å².